The molecular formula is C11H14N6O. The molecule has 1 aliphatic heterocycles. The Kier molecular flexibility index (Phi) is 2.81. The summed E-state index contributed by atoms with van der Waals surface area (Å²) in [5.74, 6) is 1.64. The minimum Gasteiger partial charge on any atom is -0.378 e. The van der Waals surface area contributed by atoms with Gasteiger partial charge in [0.25, 0.3) is 0 Å². The smallest absolute Gasteiger partial charge is 0.247 e. The van der Waals surface area contributed by atoms with Crippen LogP contribution in [-0.2, 0) is 4.74 Å². The lowest BCUT2D eigenvalue weighted by molar-refractivity contribution is 0.122. The number of nitrogen functional groups attached to an aromatic ring is 1. The number of rotatable bonds is 2. The first-order valence-electron chi connectivity index (χ1n) is 5.81. The Morgan fingerprint density at radius 2 is 2.06 bits per heavy atom. The van der Waals surface area contributed by atoms with E-state index < -0.39 is 0 Å². The molecule has 0 radical (unpaired) electrons. The summed E-state index contributed by atoms with van der Waals surface area (Å²) in [5.41, 5.74) is 5.87. The summed E-state index contributed by atoms with van der Waals surface area (Å²) in [6.07, 6.45) is 1.70. The standard InChI is InChI=1S/C11H14N6O/c12-10-14-11(16-5-7-18-8-6-16)15-17(10)9-3-1-2-4-13-9/h1-4H,5-8H2,(H2,12,14,15). The number of aromatic nitrogens is 4. The lowest BCUT2D eigenvalue weighted by atomic mass is 10.4. The van der Waals surface area contributed by atoms with E-state index in [0.29, 0.717) is 30.9 Å². The highest BCUT2D eigenvalue weighted by Gasteiger charge is 2.17. The molecule has 1 aliphatic rings. The van der Waals surface area contributed by atoms with Gasteiger partial charge in [-0.3, -0.25) is 0 Å². The van der Waals surface area contributed by atoms with Gasteiger partial charge >= 0.3 is 0 Å². The molecule has 2 N–H and O–H groups in total. The van der Waals surface area contributed by atoms with E-state index in [1.165, 1.54) is 0 Å². The van der Waals surface area contributed by atoms with Gasteiger partial charge in [-0.2, -0.15) is 9.67 Å². The zero-order valence-electron chi connectivity index (χ0n) is 9.86. The largest absolute Gasteiger partial charge is 0.378 e. The van der Waals surface area contributed by atoms with Crippen LogP contribution in [0.15, 0.2) is 24.4 Å². The summed E-state index contributed by atoms with van der Waals surface area (Å²) < 4.78 is 6.84. The van der Waals surface area contributed by atoms with Crippen molar-refractivity contribution < 1.29 is 4.74 Å². The molecule has 1 fully saturated rings. The van der Waals surface area contributed by atoms with Crippen LogP contribution in [-0.4, -0.2) is 46.1 Å². The number of nitrogens with two attached hydrogens (primary N) is 1. The summed E-state index contributed by atoms with van der Waals surface area (Å²) in [6, 6.07) is 5.57. The van der Waals surface area contributed by atoms with Gasteiger partial charge in [0.05, 0.1) is 13.2 Å². The minimum absolute atomic E-state index is 0.343. The molecule has 0 aromatic carbocycles. The number of hydrogen-bond donors (Lipinski definition) is 1. The topological polar surface area (TPSA) is 82.1 Å². The first kappa shape index (κ1) is 11.0. The summed E-state index contributed by atoms with van der Waals surface area (Å²) >= 11 is 0. The maximum absolute atomic E-state index is 5.87. The van der Waals surface area contributed by atoms with Crippen LogP contribution in [0.2, 0.25) is 0 Å². The fraction of sp³-hybridized carbons (Fsp3) is 0.364. The monoisotopic (exact) mass is 246 g/mol. The van der Waals surface area contributed by atoms with Crippen LogP contribution in [0.1, 0.15) is 0 Å². The number of hydrogen-bond acceptors (Lipinski definition) is 6. The molecule has 1 saturated heterocycles. The van der Waals surface area contributed by atoms with Gasteiger partial charge in [0.2, 0.25) is 11.9 Å². The van der Waals surface area contributed by atoms with Gasteiger partial charge in [-0.05, 0) is 12.1 Å². The quantitative estimate of drug-likeness (QED) is 0.808. The zero-order valence-corrected chi connectivity index (χ0v) is 9.86. The number of nitrogens with zero attached hydrogens (tertiary/aromatic N) is 5. The predicted molar refractivity (Wildman–Crippen MR) is 66.6 cm³/mol. The number of anilines is 2. The van der Waals surface area contributed by atoms with Gasteiger partial charge < -0.3 is 15.4 Å². The van der Waals surface area contributed by atoms with Gasteiger partial charge in [-0.15, -0.1) is 5.10 Å². The summed E-state index contributed by atoms with van der Waals surface area (Å²) in [5, 5.41) is 4.39. The molecule has 3 heterocycles. The van der Waals surface area contributed by atoms with Crippen molar-refractivity contribution in [2.24, 2.45) is 0 Å². The molecule has 94 valence electrons. The average molecular weight is 246 g/mol. The third-order valence-electron chi connectivity index (χ3n) is 2.78. The highest BCUT2D eigenvalue weighted by atomic mass is 16.5. The lowest BCUT2D eigenvalue weighted by Crippen LogP contribution is -2.37. The van der Waals surface area contributed by atoms with Crippen molar-refractivity contribution >= 4 is 11.9 Å². The fourth-order valence-electron chi connectivity index (χ4n) is 1.86. The average Bonchev–Trinajstić information content (AvgIpc) is 2.83. The van der Waals surface area contributed by atoms with Crippen molar-refractivity contribution in [2.45, 2.75) is 0 Å². The molecule has 7 heteroatoms. The van der Waals surface area contributed by atoms with Crippen molar-refractivity contribution in [1.29, 1.82) is 0 Å². The van der Waals surface area contributed by atoms with E-state index >= 15 is 0 Å². The van der Waals surface area contributed by atoms with Crippen LogP contribution in [0.3, 0.4) is 0 Å². The predicted octanol–water partition coefficient (Wildman–Crippen LogP) is 0.0811. The van der Waals surface area contributed by atoms with E-state index in [1.807, 2.05) is 18.2 Å². The van der Waals surface area contributed by atoms with Crippen LogP contribution >= 0.6 is 0 Å². The molecule has 2 aromatic heterocycles. The maximum Gasteiger partial charge on any atom is 0.247 e. The first-order chi connectivity index (χ1) is 8.84. The lowest BCUT2D eigenvalue weighted by Gasteiger charge is -2.25. The van der Waals surface area contributed by atoms with Crippen molar-refractivity contribution in [3.8, 4) is 5.82 Å². The first-order valence-corrected chi connectivity index (χ1v) is 5.81. The van der Waals surface area contributed by atoms with E-state index in [4.69, 9.17) is 10.5 Å². The van der Waals surface area contributed by atoms with E-state index in [1.54, 1.807) is 10.9 Å². The van der Waals surface area contributed by atoms with E-state index in [-0.39, 0.29) is 0 Å². The highest BCUT2D eigenvalue weighted by Crippen LogP contribution is 2.15. The second-order valence-corrected chi connectivity index (χ2v) is 3.97. The molecule has 18 heavy (non-hydrogen) atoms. The fourth-order valence-corrected chi connectivity index (χ4v) is 1.86. The highest BCUT2D eigenvalue weighted by molar-refractivity contribution is 5.40. The number of pyridine rings is 1. The van der Waals surface area contributed by atoms with Gasteiger partial charge in [0, 0.05) is 19.3 Å². The number of ether oxygens (including phenoxy) is 1. The Morgan fingerprint density at radius 3 is 2.78 bits per heavy atom. The van der Waals surface area contributed by atoms with E-state index in [9.17, 15) is 0 Å². The molecule has 0 spiro atoms. The van der Waals surface area contributed by atoms with Crippen LogP contribution in [0.25, 0.3) is 5.82 Å². The molecule has 0 saturated carbocycles. The van der Waals surface area contributed by atoms with Gasteiger partial charge in [0.15, 0.2) is 5.82 Å². The van der Waals surface area contributed by atoms with Crippen molar-refractivity contribution in [2.75, 3.05) is 36.9 Å². The molecule has 3 rings (SSSR count). The van der Waals surface area contributed by atoms with Crippen LogP contribution in [0.5, 0.6) is 0 Å². The summed E-state index contributed by atoms with van der Waals surface area (Å²) in [6.45, 7) is 2.95. The van der Waals surface area contributed by atoms with Crippen LogP contribution < -0.4 is 10.6 Å². The zero-order chi connectivity index (χ0) is 12.4. The second kappa shape index (κ2) is 4.61. The van der Waals surface area contributed by atoms with E-state index in [2.05, 4.69) is 20.0 Å². The molecule has 0 amide bonds. The molecule has 0 unspecified atom stereocenters. The normalized spacial score (nSPS) is 15.9. The molecule has 0 aliphatic carbocycles. The minimum atomic E-state index is 0.343. The molecule has 2 aromatic rings. The van der Waals surface area contributed by atoms with Crippen molar-refractivity contribution in [3.63, 3.8) is 0 Å². The van der Waals surface area contributed by atoms with Crippen molar-refractivity contribution in [1.82, 2.24) is 19.7 Å². The molecule has 0 bridgehead atoms. The van der Waals surface area contributed by atoms with Crippen LogP contribution in [0.4, 0.5) is 11.9 Å². The Hall–Kier alpha value is -2.15. The van der Waals surface area contributed by atoms with Crippen molar-refractivity contribution in [3.05, 3.63) is 24.4 Å². The van der Waals surface area contributed by atoms with Gasteiger partial charge in [-0.1, -0.05) is 6.07 Å². The summed E-state index contributed by atoms with van der Waals surface area (Å²) in [4.78, 5) is 10.5. The SMILES string of the molecule is Nc1nc(N2CCOCC2)nn1-c1ccccn1. The molecule has 0 atom stereocenters. The molecule has 7 nitrogen and oxygen atoms in total. The maximum atomic E-state index is 5.87. The van der Waals surface area contributed by atoms with Gasteiger partial charge in [-0.25, -0.2) is 4.98 Å². The van der Waals surface area contributed by atoms with Crippen LogP contribution in [0, 0.1) is 0 Å². The molecular weight excluding hydrogens is 232 g/mol. The van der Waals surface area contributed by atoms with Gasteiger partial charge in [0.1, 0.15) is 0 Å². The Labute approximate surface area is 104 Å². The third-order valence-corrected chi connectivity index (χ3v) is 2.78. The Balaban J connectivity index is 1.91. The van der Waals surface area contributed by atoms with E-state index in [0.717, 1.165) is 13.1 Å². The second-order valence-electron chi connectivity index (χ2n) is 3.97. The third kappa shape index (κ3) is 2.00. The Bertz CT molecular complexity index is 520. The summed E-state index contributed by atoms with van der Waals surface area (Å²) in [7, 11) is 0. The number of morpholine rings is 1. The Morgan fingerprint density at radius 1 is 1.22 bits per heavy atom.